The van der Waals surface area contributed by atoms with E-state index in [0.717, 1.165) is 36.4 Å². The Hall–Kier alpha value is -3.00. The van der Waals surface area contributed by atoms with Crippen LogP contribution in [0.2, 0.25) is 0 Å². The number of hydrogen-bond acceptors (Lipinski definition) is 5. The number of carbonyl (C=O) groups is 1. The highest BCUT2D eigenvalue weighted by atomic mass is 32.2. The second-order valence-corrected chi connectivity index (χ2v) is 14.2. The average Bonchev–Trinajstić information content (AvgIpc) is 3.15. The molecule has 3 aliphatic carbocycles. The highest BCUT2D eigenvalue weighted by Gasteiger charge is 2.75. The Morgan fingerprint density at radius 3 is 2.09 bits per heavy atom. The number of carbonyl (C=O) groups excluding carboxylic acids is 1. The molecule has 2 aromatic carbocycles. The lowest BCUT2D eigenvalue weighted by Gasteiger charge is -2.73. The molecule has 3 fully saturated rings. The van der Waals surface area contributed by atoms with E-state index in [1.807, 2.05) is 0 Å². The van der Waals surface area contributed by atoms with Gasteiger partial charge in [0, 0.05) is 30.3 Å². The number of rotatable bonds is 10. The van der Waals surface area contributed by atoms with E-state index in [1.54, 1.807) is 13.8 Å². The molecule has 0 unspecified atom stereocenters. The molecule has 3 saturated carbocycles. The normalized spacial score (nSPS) is 26.4. The lowest BCUT2D eigenvalue weighted by Crippen LogP contribution is -2.78. The zero-order valence-electron chi connectivity index (χ0n) is 23.3. The van der Waals surface area contributed by atoms with Gasteiger partial charge in [-0.15, -0.1) is 0 Å². The summed E-state index contributed by atoms with van der Waals surface area (Å²) < 4.78 is 119. The van der Waals surface area contributed by atoms with Crippen LogP contribution in [0.1, 0.15) is 63.5 Å². The summed E-state index contributed by atoms with van der Waals surface area (Å²) in [5.74, 6) is -0.545. The summed E-state index contributed by atoms with van der Waals surface area (Å²) in [5, 5.41) is 3.24. The zero-order chi connectivity index (χ0) is 31.6. The standard InChI is InChI=1S/C29H30F7N3O3S/c1-25(2)23(22(40)4-3-13-28(31,32)33)37-24(38-25)26-15-27(16-26,17-26)39(43(41,42)21-11-9-20(30)10-12-21)14-18-5-7-19(8-6-18)29(34,35)36/h5-12,23H,3-4,13-17H2,1-2H3,(H,37,38)/t23-,26?,27?/m0/s1. The van der Waals surface area contributed by atoms with Gasteiger partial charge in [-0.05, 0) is 81.5 Å². The van der Waals surface area contributed by atoms with E-state index in [9.17, 15) is 43.9 Å². The Balaban J connectivity index is 1.37. The first kappa shape index (κ1) is 31.4. The van der Waals surface area contributed by atoms with Crippen molar-refractivity contribution in [3.05, 3.63) is 65.5 Å². The maximum absolute atomic E-state index is 13.8. The van der Waals surface area contributed by atoms with Gasteiger partial charge in [-0.25, -0.2) is 12.8 Å². The van der Waals surface area contributed by atoms with E-state index in [4.69, 9.17) is 0 Å². The van der Waals surface area contributed by atoms with Crippen LogP contribution in [0.3, 0.4) is 0 Å². The molecule has 1 heterocycles. The smallest absolute Gasteiger partial charge is 0.366 e. The summed E-state index contributed by atoms with van der Waals surface area (Å²) in [6.45, 7) is 3.24. The van der Waals surface area contributed by atoms with Crippen LogP contribution in [-0.4, -0.2) is 47.6 Å². The van der Waals surface area contributed by atoms with Crippen LogP contribution in [0.15, 0.2) is 58.4 Å². The van der Waals surface area contributed by atoms with Crippen molar-refractivity contribution in [1.82, 2.24) is 9.62 Å². The molecule has 1 N–H and O–H groups in total. The molecule has 4 aliphatic rings. The van der Waals surface area contributed by atoms with E-state index in [2.05, 4.69) is 10.3 Å². The number of hydrogen-bond donors (Lipinski definition) is 1. The van der Waals surface area contributed by atoms with Gasteiger partial charge in [-0.3, -0.25) is 9.79 Å². The van der Waals surface area contributed by atoms with Gasteiger partial charge in [0.15, 0.2) is 5.78 Å². The van der Waals surface area contributed by atoms with Crippen molar-refractivity contribution in [3.8, 4) is 0 Å². The molecule has 0 amide bonds. The van der Waals surface area contributed by atoms with Gasteiger partial charge in [-0.2, -0.15) is 30.6 Å². The number of alkyl halides is 6. The van der Waals surface area contributed by atoms with Crippen molar-refractivity contribution >= 4 is 21.6 Å². The first-order valence-electron chi connectivity index (χ1n) is 13.7. The minimum atomic E-state index is -4.56. The second-order valence-electron chi connectivity index (χ2n) is 12.4. The van der Waals surface area contributed by atoms with Crippen LogP contribution >= 0.6 is 0 Å². The zero-order valence-corrected chi connectivity index (χ0v) is 24.1. The van der Waals surface area contributed by atoms with Crippen LogP contribution in [0.25, 0.3) is 0 Å². The Morgan fingerprint density at radius 1 is 0.977 bits per heavy atom. The summed E-state index contributed by atoms with van der Waals surface area (Å²) in [6.07, 6.45) is -9.65. The maximum Gasteiger partial charge on any atom is 0.416 e. The Kier molecular flexibility index (Phi) is 7.52. The fourth-order valence-corrected chi connectivity index (χ4v) is 8.25. The van der Waals surface area contributed by atoms with Crippen LogP contribution in [-0.2, 0) is 27.5 Å². The number of Topliss-reactive ketones (excluding diaryl/α,β-unsaturated/α-hetero) is 1. The van der Waals surface area contributed by atoms with E-state index >= 15 is 0 Å². The highest BCUT2D eigenvalue weighted by Crippen LogP contribution is 2.71. The molecule has 1 atom stereocenters. The Labute approximate surface area is 244 Å². The molecule has 6 rings (SSSR count). The van der Waals surface area contributed by atoms with Gasteiger partial charge in [-0.1, -0.05) is 12.1 Å². The van der Waals surface area contributed by atoms with Crippen LogP contribution in [0, 0.1) is 11.2 Å². The van der Waals surface area contributed by atoms with Gasteiger partial charge in [0.05, 0.1) is 16.0 Å². The van der Waals surface area contributed by atoms with Crippen molar-refractivity contribution in [3.63, 3.8) is 0 Å². The number of ketones is 1. The number of sulfonamides is 1. The van der Waals surface area contributed by atoms with Crippen molar-refractivity contribution in [2.24, 2.45) is 10.4 Å². The van der Waals surface area contributed by atoms with Gasteiger partial charge < -0.3 is 5.32 Å². The van der Waals surface area contributed by atoms with Crippen molar-refractivity contribution in [1.29, 1.82) is 0 Å². The van der Waals surface area contributed by atoms with Crippen LogP contribution < -0.4 is 5.32 Å². The first-order valence-corrected chi connectivity index (χ1v) is 15.1. The summed E-state index contributed by atoms with van der Waals surface area (Å²) in [7, 11) is -4.22. The topological polar surface area (TPSA) is 78.8 Å². The molecule has 0 radical (unpaired) electrons. The Bertz CT molecular complexity index is 1510. The molecule has 2 aromatic rings. The summed E-state index contributed by atoms with van der Waals surface area (Å²) in [5.41, 5.74) is -2.86. The van der Waals surface area contributed by atoms with Crippen molar-refractivity contribution in [2.75, 3.05) is 0 Å². The third-order valence-corrected chi connectivity index (χ3v) is 10.6. The lowest BCUT2D eigenvalue weighted by atomic mass is 9.38. The predicted octanol–water partition coefficient (Wildman–Crippen LogP) is 6.41. The van der Waals surface area contributed by atoms with E-state index < -0.39 is 68.5 Å². The number of aliphatic imine (C=N–C) groups is 1. The molecule has 6 nitrogen and oxygen atoms in total. The van der Waals surface area contributed by atoms with Gasteiger partial charge in [0.25, 0.3) is 0 Å². The number of amidine groups is 1. The monoisotopic (exact) mass is 633 g/mol. The van der Waals surface area contributed by atoms with E-state index in [-0.39, 0.29) is 24.3 Å². The minimum Gasteiger partial charge on any atom is -0.366 e. The largest absolute Gasteiger partial charge is 0.416 e. The molecule has 43 heavy (non-hydrogen) atoms. The number of halogens is 7. The highest BCUT2D eigenvalue weighted by molar-refractivity contribution is 7.89. The molecular formula is C29H30F7N3O3S. The third kappa shape index (κ3) is 5.92. The van der Waals surface area contributed by atoms with Gasteiger partial charge in [0.2, 0.25) is 10.0 Å². The molecule has 0 aromatic heterocycles. The maximum atomic E-state index is 13.8. The average molecular weight is 634 g/mol. The quantitative estimate of drug-likeness (QED) is 0.307. The summed E-state index contributed by atoms with van der Waals surface area (Å²) >= 11 is 0. The van der Waals surface area contributed by atoms with Gasteiger partial charge >= 0.3 is 12.4 Å². The van der Waals surface area contributed by atoms with E-state index in [1.165, 1.54) is 16.4 Å². The molecule has 234 valence electrons. The first-order chi connectivity index (χ1) is 19.8. The number of nitrogens with zero attached hydrogens (tertiary/aromatic N) is 2. The number of nitrogens with one attached hydrogen (secondary N) is 1. The minimum absolute atomic E-state index is 0.165. The summed E-state index contributed by atoms with van der Waals surface area (Å²) in [6, 6.07) is 7.59. The molecule has 2 bridgehead atoms. The SMILES string of the molecule is CC1(C)NC(C23CC(N(Cc4ccc(C(F)(F)F)cc4)S(=O)(=O)c4ccc(F)cc4)(C2)C3)=N[C@H]1C(=O)CCCC(F)(F)F. The molecule has 0 spiro atoms. The lowest BCUT2D eigenvalue weighted by molar-refractivity contribution is -0.151. The molecular weight excluding hydrogens is 603 g/mol. The second kappa shape index (κ2) is 10.3. The molecule has 1 aliphatic heterocycles. The molecule has 14 heteroatoms. The van der Waals surface area contributed by atoms with Crippen molar-refractivity contribution < 1.29 is 43.9 Å². The van der Waals surface area contributed by atoms with E-state index in [0.29, 0.717) is 30.7 Å². The third-order valence-electron chi connectivity index (χ3n) is 8.61. The fourth-order valence-electron chi connectivity index (χ4n) is 6.50. The summed E-state index contributed by atoms with van der Waals surface area (Å²) in [4.78, 5) is 17.2. The predicted molar refractivity (Wildman–Crippen MR) is 143 cm³/mol. The number of benzene rings is 2. The van der Waals surface area contributed by atoms with Gasteiger partial charge in [0.1, 0.15) is 17.7 Å². The Morgan fingerprint density at radius 2 is 1.56 bits per heavy atom. The fraction of sp³-hybridized carbons (Fsp3) is 0.517. The van der Waals surface area contributed by atoms with Crippen LogP contribution in [0.5, 0.6) is 0 Å². The van der Waals surface area contributed by atoms with Crippen LogP contribution in [0.4, 0.5) is 30.7 Å². The van der Waals surface area contributed by atoms with Crippen molar-refractivity contribution in [2.45, 2.75) is 93.3 Å². The molecule has 0 saturated heterocycles.